The third kappa shape index (κ3) is 4.22. The molecular formula is C13H15F4NO. The van der Waals surface area contributed by atoms with Crippen molar-refractivity contribution in [3.05, 3.63) is 35.9 Å². The van der Waals surface area contributed by atoms with Gasteiger partial charge >= 0.3 is 12.3 Å². The Hall–Kier alpha value is -1.59. The zero-order valence-electron chi connectivity index (χ0n) is 10.5. The average molecular weight is 277 g/mol. The smallest absolute Gasteiger partial charge is 0.340 e. The van der Waals surface area contributed by atoms with E-state index in [1.54, 1.807) is 0 Å². The molecule has 0 unspecified atom stereocenters. The Bertz CT molecular complexity index is 408. The third-order valence-corrected chi connectivity index (χ3v) is 2.71. The molecule has 0 aromatic heterocycles. The highest BCUT2D eigenvalue weighted by Crippen LogP contribution is 2.25. The minimum atomic E-state index is -4.61. The van der Waals surface area contributed by atoms with Gasteiger partial charge in [0.15, 0.2) is 0 Å². The van der Waals surface area contributed by atoms with Crippen LogP contribution in [-0.2, 0) is 11.2 Å². The van der Waals surface area contributed by atoms with Crippen LogP contribution in [0.2, 0.25) is 0 Å². The van der Waals surface area contributed by atoms with Crippen molar-refractivity contribution in [1.29, 1.82) is 0 Å². The number of aryl methyl sites for hydroxylation is 1. The van der Waals surface area contributed by atoms with Gasteiger partial charge in [0.1, 0.15) is 0 Å². The van der Waals surface area contributed by atoms with Crippen LogP contribution in [0, 0.1) is 0 Å². The summed E-state index contributed by atoms with van der Waals surface area (Å²) in [6.07, 6.45) is -2.94. The van der Waals surface area contributed by atoms with Gasteiger partial charge < -0.3 is 4.90 Å². The Kier molecular flexibility index (Phi) is 5.32. The normalized spacial score (nSPS) is 11.7. The summed E-state index contributed by atoms with van der Waals surface area (Å²) in [5, 5.41) is 0. The molecule has 0 heterocycles. The molecule has 0 radical (unpaired) electrons. The molecule has 0 bridgehead atoms. The van der Waals surface area contributed by atoms with Crippen LogP contribution >= 0.6 is 0 Å². The molecule has 0 aliphatic carbocycles. The van der Waals surface area contributed by atoms with E-state index in [0.717, 1.165) is 12.6 Å². The van der Waals surface area contributed by atoms with Crippen LogP contribution < -0.4 is 0 Å². The number of alkyl halides is 4. The highest BCUT2D eigenvalue weighted by molar-refractivity contribution is 5.83. The van der Waals surface area contributed by atoms with E-state index in [-0.39, 0.29) is 6.54 Å². The maximum absolute atomic E-state index is 12.8. The molecule has 0 atom stereocenters. The Balaban J connectivity index is 2.43. The Morgan fingerprint density at radius 1 is 1.26 bits per heavy atom. The van der Waals surface area contributed by atoms with Crippen molar-refractivity contribution in [3.63, 3.8) is 0 Å². The number of rotatable bonds is 6. The molecule has 19 heavy (non-hydrogen) atoms. The van der Waals surface area contributed by atoms with Crippen LogP contribution in [0.25, 0.3) is 0 Å². The quantitative estimate of drug-likeness (QED) is 0.732. The predicted molar refractivity (Wildman–Crippen MR) is 63.4 cm³/mol. The number of nitrogens with zero attached hydrogens (tertiary/aromatic N) is 1. The highest BCUT2D eigenvalue weighted by atomic mass is 19.3. The minimum absolute atomic E-state index is 0.00996. The lowest BCUT2D eigenvalue weighted by molar-refractivity contribution is -0.179. The second-order valence-electron chi connectivity index (χ2n) is 4.24. The summed E-state index contributed by atoms with van der Waals surface area (Å²) in [6.45, 7) is 0.00996. The van der Waals surface area contributed by atoms with Crippen LogP contribution in [0.4, 0.5) is 17.6 Å². The van der Waals surface area contributed by atoms with Crippen molar-refractivity contribution in [3.8, 4) is 0 Å². The van der Waals surface area contributed by atoms with E-state index >= 15 is 0 Å². The van der Waals surface area contributed by atoms with Gasteiger partial charge in [-0.3, -0.25) is 4.79 Å². The lowest BCUT2D eigenvalue weighted by Gasteiger charge is -2.22. The fourth-order valence-corrected chi connectivity index (χ4v) is 1.61. The van der Waals surface area contributed by atoms with Gasteiger partial charge in [-0.2, -0.15) is 8.78 Å². The first-order chi connectivity index (χ1) is 8.85. The van der Waals surface area contributed by atoms with Gasteiger partial charge in [0.25, 0.3) is 5.91 Å². The summed E-state index contributed by atoms with van der Waals surface area (Å²) in [6, 6.07) is 9.28. The van der Waals surface area contributed by atoms with Crippen LogP contribution in [0.5, 0.6) is 0 Å². The number of benzene rings is 1. The number of carbonyl (C=O) groups is 1. The lowest BCUT2D eigenvalue weighted by Crippen LogP contribution is -2.46. The fourth-order valence-electron chi connectivity index (χ4n) is 1.61. The maximum Gasteiger partial charge on any atom is 0.383 e. The molecule has 1 amide bonds. The molecule has 2 nitrogen and oxygen atoms in total. The topological polar surface area (TPSA) is 20.3 Å². The molecule has 6 heteroatoms. The summed E-state index contributed by atoms with van der Waals surface area (Å²) >= 11 is 0. The van der Waals surface area contributed by atoms with Gasteiger partial charge in [-0.1, -0.05) is 30.3 Å². The number of halogens is 4. The first kappa shape index (κ1) is 15.5. The second-order valence-corrected chi connectivity index (χ2v) is 4.24. The van der Waals surface area contributed by atoms with Crippen LogP contribution in [0.15, 0.2) is 30.3 Å². The molecule has 0 N–H and O–H groups in total. The number of carbonyl (C=O) groups excluding carboxylic acids is 1. The molecule has 0 aliphatic heterocycles. The fraction of sp³-hybridized carbons (Fsp3) is 0.462. The maximum atomic E-state index is 12.8. The Labute approximate surface area is 109 Å². The highest BCUT2D eigenvalue weighted by Gasteiger charge is 2.50. The van der Waals surface area contributed by atoms with Gasteiger partial charge in [0.2, 0.25) is 0 Å². The monoisotopic (exact) mass is 277 g/mol. The van der Waals surface area contributed by atoms with Crippen molar-refractivity contribution >= 4 is 5.91 Å². The van der Waals surface area contributed by atoms with Crippen molar-refractivity contribution in [2.75, 3.05) is 13.6 Å². The van der Waals surface area contributed by atoms with E-state index < -0.39 is 18.3 Å². The third-order valence-electron chi connectivity index (χ3n) is 2.71. The molecule has 0 spiro atoms. The van der Waals surface area contributed by atoms with E-state index in [4.69, 9.17) is 0 Å². The van der Waals surface area contributed by atoms with Crippen molar-refractivity contribution in [2.45, 2.75) is 25.2 Å². The summed E-state index contributed by atoms with van der Waals surface area (Å²) in [5.74, 6) is -6.45. The Morgan fingerprint density at radius 2 is 1.84 bits per heavy atom. The van der Waals surface area contributed by atoms with Gasteiger partial charge in [-0.05, 0) is 18.4 Å². The zero-order valence-corrected chi connectivity index (χ0v) is 10.5. The standard InChI is InChI=1S/C13H15F4NO/c1-18(12(19)13(16,17)11(14)15)9-5-8-10-6-3-2-4-7-10/h2-4,6-7,11H,5,8-9H2,1H3. The van der Waals surface area contributed by atoms with Crippen molar-refractivity contribution in [1.82, 2.24) is 4.90 Å². The van der Waals surface area contributed by atoms with Gasteiger partial charge in [-0.15, -0.1) is 0 Å². The zero-order chi connectivity index (χ0) is 14.5. The van der Waals surface area contributed by atoms with Crippen LogP contribution in [0.1, 0.15) is 12.0 Å². The first-order valence-corrected chi connectivity index (χ1v) is 5.81. The molecular weight excluding hydrogens is 262 g/mol. The van der Waals surface area contributed by atoms with E-state index in [0.29, 0.717) is 17.7 Å². The van der Waals surface area contributed by atoms with E-state index in [1.165, 1.54) is 0 Å². The van der Waals surface area contributed by atoms with Crippen molar-refractivity contribution < 1.29 is 22.4 Å². The lowest BCUT2D eigenvalue weighted by atomic mass is 10.1. The Morgan fingerprint density at radius 3 is 2.37 bits per heavy atom. The molecule has 1 aromatic carbocycles. The molecule has 1 rings (SSSR count). The molecule has 0 fully saturated rings. The first-order valence-electron chi connectivity index (χ1n) is 5.81. The van der Waals surface area contributed by atoms with Crippen LogP contribution in [-0.4, -0.2) is 36.7 Å². The largest absolute Gasteiger partial charge is 0.383 e. The van der Waals surface area contributed by atoms with Gasteiger partial charge in [0.05, 0.1) is 0 Å². The molecule has 0 saturated heterocycles. The molecule has 0 saturated carbocycles. The number of amides is 1. The summed E-state index contributed by atoms with van der Waals surface area (Å²) in [5.41, 5.74) is 1.00. The molecule has 106 valence electrons. The van der Waals surface area contributed by atoms with E-state index in [1.807, 2.05) is 30.3 Å². The van der Waals surface area contributed by atoms with Crippen molar-refractivity contribution in [2.24, 2.45) is 0 Å². The summed E-state index contributed by atoms with van der Waals surface area (Å²) in [4.78, 5) is 11.8. The summed E-state index contributed by atoms with van der Waals surface area (Å²) in [7, 11) is 1.10. The molecule has 1 aromatic rings. The summed E-state index contributed by atoms with van der Waals surface area (Å²) < 4.78 is 49.6. The predicted octanol–water partition coefficient (Wildman–Crippen LogP) is 2.98. The van der Waals surface area contributed by atoms with E-state index in [2.05, 4.69) is 0 Å². The number of hydrogen-bond acceptors (Lipinski definition) is 1. The van der Waals surface area contributed by atoms with Gasteiger partial charge in [-0.25, -0.2) is 8.78 Å². The minimum Gasteiger partial charge on any atom is -0.340 e. The van der Waals surface area contributed by atoms with Gasteiger partial charge in [0, 0.05) is 13.6 Å². The SMILES string of the molecule is CN(CCCc1ccccc1)C(=O)C(F)(F)C(F)F. The van der Waals surface area contributed by atoms with E-state index in [9.17, 15) is 22.4 Å². The number of hydrogen-bond donors (Lipinski definition) is 0. The second kappa shape index (κ2) is 6.54. The average Bonchev–Trinajstić information content (AvgIpc) is 2.38. The van der Waals surface area contributed by atoms with Crippen LogP contribution in [0.3, 0.4) is 0 Å². The molecule has 0 aliphatic rings.